The third-order valence-electron chi connectivity index (χ3n) is 4.56. The van der Waals surface area contributed by atoms with Crippen LogP contribution in [-0.4, -0.2) is 52.9 Å². The number of benzene rings is 1. The standard InChI is InChI=1S/C18H18F3N3O3/c1-11-15(12(2)27-22-11)17(26)24-9-7-23(8-10-24)16(25)13-5-3-4-6-14(13)18(19,20)21/h3-6H,7-10H2,1-2H3. The van der Waals surface area contributed by atoms with Gasteiger partial charge in [-0.05, 0) is 26.0 Å². The van der Waals surface area contributed by atoms with Crippen LogP contribution >= 0.6 is 0 Å². The first kappa shape index (κ1) is 18.9. The number of hydrogen-bond donors (Lipinski definition) is 0. The van der Waals surface area contributed by atoms with E-state index in [1.165, 1.54) is 23.1 Å². The molecule has 1 saturated heterocycles. The van der Waals surface area contributed by atoms with Gasteiger partial charge in [0.15, 0.2) is 0 Å². The fourth-order valence-corrected chi connectivity index (χ4v) is 3.15. The van der Waals surface area contributed by atoms with Crippen LogP contribution in [-0.2, 0) is 6.18 Å². The highest BCUT2D eigenvalue weighted by Crippen LogP contribution is 2.32. The third-order valence-corrected chi connectivity index (χ3v) is 4.56. The number of rotatable bonds is 2. The van der Waals surface area contributed by atoms with Gasteiger partial charge in [0.25, 0.3) is 11.8 Å². The Balaban J connectivity index is 1.72. The molecule has 27 heavy (non-hydrogen) atoms. The molecule has 1 aliphatic rings. The second-order valence-electron chi connectivity index (χ2n) is 6.33. The largest absolute Gasteiger partial charge is 0.417 e. The van der Waals surface area contributed by atoms with Gasteiger partial charge < -0.3 is 14.3 Å². The van der Waals surface area contributed by atoms with E-state index in [0.717, 1.165) is 6.07 Å². The second-order valence-corrected chi connectivity index (χ2v) is 6.33. The molecule has 0 atom stereocenters. The van der Waals surface area contributed by atoms with E-state index < -0.39 is 17.6 Å². The smallest absolute Gasteiger partial charge is 0.361 e. The molecule has 2 amide bonds. The number of aryl methyl sites for hydroxylation is 2. The zero-order valence-electron chi connectivity index (χ0n) is 14.8. The SMILES string of the molecule is Cc1noc(C)c1C(=O)N1CCN(C(=O)c2ccccc2C(F)(F)F)CC1. The first-order valence-electron chi connectivity index (χ1n) is 8.37. The summed E-state index contributed by atoms with van der Waals surface area (Å²) in [5, 5.41) is 3.75. The van der Waals surface area contributed by atoms with Crippen LogP contribution in [0, 0.1) is 13.8 Å². The Morgan fingerprint density at radius 2 is 1.56 bits per heavy atom. The van der Waals surface area contributed by atoms with Crippen LogP contribution in [0.5, 0.6) is 0 Å². The van der Waals surface area contributed by atoms with Gasteiger partial charge in [0.05, 0.1) is 16.8 Å². The van der Waals surface area contributed by atoms with E-state index in [1.807, 2.05) is 0 Å². The molecular formula is C18H18F3N3O3. The molecular weight excluding hydrogens is 363 g/mol. The van der Waals surface area contributed by atoms with Crippen molar-refractivity contribution in [2.45, 2.75) is 20.0 Å². The van der Waals surface area contributed by atoms with Gasteiger partial charge in [-0.25, -0.2) is 0 Å². The van der Waals surface area contributed by atoms with Gasteiger partial charge in [0.2, 0.25) is 0 Å². The van der Waals surface area contributed by atoms with Crippen LogP contribution in [0.25, 0.3) is 0 Å². The van der Waals surface area contributed by atoms with Crippen LogP contribution in [0.1, 0.15) is 37.7 Å². The van der Waals surface area contributed by atoms with Gasteiger partial charge in [-0.3, -0.25) is 9.59 Å². The molecule has 144 valence electrons. The van der Waals surface area contributed by atoms with E-state index in [-0.39, 0.29) is 37.6 Å². The number of amides is 2. The van der Waals surface area contributed by atoms with Crippen molar-refractivity contribution < 1.29 is 27.3 Å². The lowest BCUT2D eigenvalue weighted by molar-refractivity contribution is -0.138. The summed E-state index contributed by atoms with van der Waals surface area (Å²) in [6.07, 6.45) is -4.60. The molecule has 1 aromatic heterocycles. The van der Waals surface area contributed by atoms with Crippen molar-refractivity contribution in [2.75, 3.05) is 26.2 Å². The number of piperazine rings is 1. The molecule has 0 N–H and O–H groups in total. The van der Waals surface area contributed by atoms with Crippen LogP contribution in [0.4, 0.5) is 13.2 Å². The normalized spacial score (nSPS) is 15.1. The van der Waals surface area contributed by atoms with Gasteiger partial charge in [-0.1, -0.05) is 17.3 Å². The van der Waals surface area contributed by atoms with E-state index in [0.29, 0.717) is 17.0 Å². The quantitative estimate of drug-likeness (QED) is 0.802. The van der Waals surface area contributed by atoms with Crippen molar-refractivity contribution in [2.24, 2.45) is 0 Å². The first-order chi connectivity index (χ1) is 12.7. The average molecular weight is 381 g/mol. The van der Waals surface area contributed by atoms with Crippen molar-refractivity contribution in [1.29, 1.82) is 0 Å². The van der Waals surface area contributed by atoms with Gasteiger partial charge in [-0.15, -0.1) is 0 Å². The van der Waals surface area contributed by atoms with Crippen LogP contribution in [0.3, 0.4) is 0 Å². The molecule has 1 aliphatic heterocycles. The van der Waals surface area contributed by atoms with E-state index in [2.05, 4.69) is 5.16 Å². The summed E-state index contributed by atoms with van der Waals surface area (Å²) in [6, 6.07) is 4.72. The summed E-state index contributed by atoms with van der Waals surface area (Å²) < 4.78 is 44.4. The Labute approximate surface area is 153 Å². The Morgan fingerprint density at radius 1 is 1.00 bits per heavy atom. The van der Waals surface area contributed by atoms with E-state index in [9.17, 15) is 22.8 Å². The maximum atomic E-state index is 13.1. The van der Waals surface area contributed by atoms with E-state index in [1.54, 1.807) is 18.7 Å². The molecule has 0 aliphatic carbocycles. The van der Waals surface area contributed by atoms with Gasteiger partial charge >= 0.3 is 6.18 Å². The highest BCUT2D eigenvalue weighted by molar-refractivity contribution is 5.97. The molecule has 9 heteroatoms. The number of hydrogen-bond acceptors (Lipinski definition) is 4. The van der Waals surface area contributed by atoms with E-state index in [4.69, 9.17) is 4.52 Å². The number of halogens is 3. The Kier molecular flexibility index (Phi) is 4.95. The minimum atomic E-state index is -4.60. The lowest BCUT2D eigenvalue weighted by atomic mass is 10.1. The molecule has 0 bridgehead atoms. The third kappa shape index (κ3) is 3.67. The van der Waals surface area contributed by atoms with Crippen molar-refractivity contribution >= 4 is 11.8 Å². The van der Waals surface area contributed by atoms with E-state index >= 15 is 0 Å². The molecule has 1 fully saturated rings. The van der Waals surface area contributed by atoms with Gasteiger partial charge in [0, 0.05) is 26.2 Å². The van der Waals surface area contributed by atoms with Crippen molar-refractivity contribution in [3.05, 3.63) is 52.4 Å². The fraction of sp³-hybridized carbons (Fsp3) is 0.389. The van der Waals surface area contributed by atoms with Crippen LogP contribution in [0.15, 0.2) is 28.8 Å². The maximum absolute atomic E-state index is 13.1. The molecule has 3 rings (SSSR count). The minimum absolute atomic E-state index is 0.153. The molecule has 0 radical (unpaired) electrons. The van der Waals surface area contributed by atoms with Gasteiger partial charge in [-0.2, -0.15) is 13.2 Å². The number of nitrogens with zero attached hydrogens (tertiary/aromatic N) is 3. The minimum Gasteiger partial charge on any atom is -0.361 e. The molecule has 2 heterocycles. The molecule has 1 aromatic carbocycles. The summed E-state index contributed by atoms with van der Waals surface area (Å²) in [5.74, 6) is -0.531. The second kappa shape index (κ2) is 7.05. The molecule has 2 aromatic rings. The number of alkyl halides is 3. The number of carbonyl (C=O) groups is 2. The van der Waals surface area contributed by atoms with Crippen molar-refractivity contribution in [3.63, 3.8) is 0 Å². The fourth-order valence-electron chi connectivity index (χ4n) is 3.15. The number of carbonyl (C=O) groups excluding carboxylic acids is 2. The molecule has 6 nitrogen and oxygen atoms in total. The van der Waals surface area contributed by atoms with Crippen molar-refractivity contribution in [3.8, 4) is 0 Å². The predicted molar refractivity (Wildman–Crippen MR) is 89.2 cm³/mol. The summed E-state index contributed by atoms with van der Waals surface area (Å²) in [4.78, 5) is 28.1. The van der Waals surface area contributed by atoms with Gasteiger partial charge in [0.1, 0.15) is 11.3 Å². The summed E-state index contributed by atoms with van der Waals surface area (Å²) in [7, 11) is 0. The summed E-state index contributed by atoms with van der Waals surface area (Å²) in [5.41, 5.74) is -0.466. The highest BCUT2D eigenvalue weighted by atomic mass is 19.4. The van der Waals surface area contributed by atoms with Crippen molar-refractivity contribution in [1.82, 2.24) is 15.0 Å². The summed E-state index contributed by atoms with van der Waals surface area (Å²) in [6.45, 7) is 4.06. The monoisotopic (exact) mass is 381 g/mol. The molecule has 0 unspecified atom stereocenters. The summed E-state index contributed by atoms with van der Waals surface area (Å²) >= 11 is 0. The number of aromatic nitrogens is 1. The van der Waals surface area contributed by atoms with Crippen LogP contribution < -0.4 is 0 Å². The highest BCUT2D eigenvalue weighted by Gasteiger charge is 2.36. The topological polar surface area (TPSA) is 66.7 Å². The predicted octanol–water partition coefficient (Wildman–Crippen LogP) is 2.91. The first-order valence-corrected chi connectivity index (χ1v) is 8.37. The zero-order chi connectivity index (χ0) is 19.8. The Hall–Kier alpha value is -2.84. The Bertz CT molecular complexity index is 849. The lowest BCUT2D eigenvalue weighted by Gasteiger charge is -2.35. The maximum Gasteiger partial charge on any atom is 0.417 e. The van der Waals surface area contributed by atoms with Crippen LogP contribution in [0.2, 0.25) is 0 Å². The Morgan fingerprint density at radius 3 is 2.07 bits per heavy atom. The zero-order valence-corrected chi connectivity index (χ0v) is 14.8. The average Bonchev–Trinajstić information content (AvgIpc) is 2.98. The molecule has 0 saturated carbocycles. The molecule has 0 spiro atoms. The lowest BCUT2D eigenvalue weighted by Crippen LogP contribution is -2.51.